The van der Waals surface area contributed by atoms with E-state index in [9.17, 15) is 4.79 Å². The van der Waals surface area contributed by atoms with Crippen LogP contribution in [0.2, 0.25) is 0 Å². The van der Waals surface area contributed by atoms with Crippen molar-refractivity contribution < 1.29 is 4.79 Å². The minimum absolute atomic E-state index is 0.0499. The fraction of sp³-hybridized carbons (Fsp3) is 0.182. The molecule has 0 aliphatic heterocycles. The number of nitrogens with zero attached hydrogens (tertiary/aromatic N) is 4. The van der Waals surface area contributed by atoms with Crippen LogP contribution in [0.4, 0.5) is 5.82 Å². The third kappa shape index (κ3) is 3.62. The minimum Gasteiger partial charge on any atom is -0.305 e. The van der Waals surface area contributed by atoms with Gasteiger partial charge in [-0.15, -0.1) is 0 Å². The summed E-state index contributed by atoms with van der Waals surface area (Å²) in [4.78, 5) is 21.1. The van der Waals surface area contributed by atoms with Crippen LogP contribution >= 0.6 is 0 Å². The smallest absolute Gasteiger partial charge is 0.256 e. The van der Waals surface area contributed by atoms with Crippen molar-refractivity contribution in [1.82, 2.24) is 19.6 Å². The van der Waals surface area contributed by atoms with Crippen molar-refractivity contribution in [3.63, 3.8) is 0 Å². The summed E-state index contributed by atoms with van der Waals surface area (Å²) < 4.78 is 1.65. The van der Waals surface area contributed by atoms with Crippen LogP contribution in [0.25, 0.3) is 16.9 Å². The number of hydrogen-bond donors (Lipinski definition) is 1. The summed E-state index contributed by atoms with van der Waals surface area (Å²) >= 11 is 0. The molecule has 0 aliphatic carbocycles. The van der Waals surface area contributed by atoms with Crippen molar-refractivity contribution in [2.24, 2.45) is 0 Å². The predicted molar refractivity (Wildman–Crippen MR) is 109 cm³/mol. The first-order chi connectivity index (χ1) is 13.4. The van der Waals surface area contributed by atoms with E-state index in [4.69, 9.17) is 0 Å². The van der Waals surface area contributed by atoms with Crippen LogP contribution in [-0.4, -0.2) is 25.5 Å². The lowest BCUT2D eigenvalue weighted by Crippen LogP contribution is -2.14. The van der Waals surface area contributed by atoms with Crippen LogP contribution in [-0.2, 0) is 5.41 Å². The molecule has 1 aromatic carbocycles. The third-order valence-electron chi connectivity index (χ3n) is 4.53. The zero-order chi connectivity index (χ0) is 19.7. The maximum atomic E-state index is 12.6. The number of aromatic nitrogens is 4. The molecule has 0 saturated heterocycles. The quantitative estimate of drug-likeness (QED) is 0.581. The number of anilines is 1. The molecule has 0 bridgehead atoms. The van der Waals surface area contributed by atoms with E-state index in [2.05, 4.69) is 41.2 Å². The second-order valence-corrected chi connectivity index (χ2v) is 7.67. The Hall–Kier alpha value is -3.54. The standard InChI is InChI=1S/C22H21N5O/c1-22(2,3)17-8-6-15(7-9-17)21(28)25-19-14-27-20(24-19)11-10-18(26-27)16-5-4-12-23-13-16/h4-14H,1-3H3,(H,25,28). The number of rotatable bonds is 3. The Morgan fingerprint density at radius 2 is 1.82 bits per heavy atom. The van der Waals surface area contributed by atoms with E-state index in [1.54, 1.807) is 23.1 Å². The van der Waals surface area contributed by atoms with Crippen LogP contribution in [0.5, 0.6) is 0 Å². The van der Waals surface area contributed by atoms with E-state index in [0.29, 0.717) is 17.0 Å². The second-order valence-electron chi connectivity index (χ2n) is 7.67. The summed E-state index contributed by atoms with van der Waals surface area (Å²) in [7, 11) is 0. The molecular formula is C22H21N5O. The Morgan fingerprint density at radius 3 is 2.50 bits per heavy atom. The SMILES string of the molecule is CC(C)(C)c1ccc(C(=O)Nc2cn3nc(-c4cccnc4)ccc3n2)cc1. The van der Waals surface area contributed by atoms with Gasteiger partial charge in [-0.05, 0) is 47.4 Å². The summed E-state index contributed by atoms with van der Waals surface area (Å²) in [6.07, 6.45) is 5.19. The molecule has 0 atom stereocenters. The normalized spacial score (nSPS) is 11.5. The van der Waals surface area contributed by atoms with Gasteiger partial charge in [0.1, 0.15) is 0 Å². The van der Waals surface area contributed by atoms with Gasteiger partial charge >= 0.3 is 0 Å². The first kappa shape index (κ1) is 17.9. The van der Waals surface area contributed by atoms with E-state index in [-0.39, 0.29) is 11.3 Å². The molecule has 6 nitrogen and oxygen atoms in total. The lowest BCUT2D eigenvalue weighted by molar-refractivity contribution is 0.102. The Bertz CT molecular complexity index is 1130. The van der Waals surface area contributed by atoms with Crippen molar-refractivity contribution in [2.75, 3.05) is 5.32 Å². The Balaban J connectivity index is 1.55. The van der Waals surface area contributed by atoms with Crippen LogP contribution < -0.4 is 5.32 Å². The second kappa shape index (κ2) is 6.88. The third-order valence-corrected chi connectivity index (χ3v) is 4.53. The summed E-state index contributed by atoms with van der Waals surface area (Å²) in [6.45, 7) is 6.43. The number of amides is 1. The molecule has 28 heavy (non-hydrogen) atoms. The average molecular weight is 371 g/mol. The predicted octanol–water partition coefficient (Wildman–Crippen LogP) is 4.34. The van der Waals surface area contributed by atoms with Crippen molar-refractivity contribution in [3.05, 3.63) is 78.2 Å². The molecule has 0 fully saturated rings. The molecule has 0 aliphatic rings. The highest BCUT2D eigenvalue weighted by molar-refractivity contribution is 6.03. The zero-order valence-electron chi connectivity index (χ0n) is 16.0. The van der Waals surface area contributed by atoms with Gasteiger partial charge in [-0.3, -0.25) is 9.78 Å². The highest BCUT2D eigenvalue weighted by Crippen LogP contribution is 2.22. The monoisotopic (exact) mass is 371 g/mol. The molecule has 0 radical (unpaired) electrons. The van der Waals surface area contributed by atoms with Gasteiger partial charge in [0.05, 0.1) is 11.9 Å². The van der Waals surface area contributed by atoms with E-state index in [0.717, 1.165) is 11.3 Å². The molecule has 0 unspecified atom stereocenters. The molecule has 6 heteroatoms. The molecular weight excluding hydrogens is 350 g/mol. The largest absolute Gasteiger partial charge is 0.305 e. The lowest BCUT2D eigenvalue weighted by Gasteiger charge is -2.18. The van der Waals surface area contributed by atoms with Crippen molar-refractivity contribution in [1.29, 1.82) is 0 Å². The fourth-order valence-electron chi connectivity index (χ4n) is 2.92. The van der Waals surface area contributed by atoms with Gasteiger partial charge in [0, 0.05) is 23.5 Å². The van der Waals surface area contributed by atoms with Crippen molar-refractivity contribution in [3.8, 4) is 11.3 Å². The first-order valence-electron chi connectivity index (χ1n) is 9.09. The van der Waals surface area contributed by atoms with Crippen LogP contribution in [0.15, 0.2) is 67.1 Å². The maximum absolute atomic E-state index is 12.6. The van der Waals surface area contributed by atoms with E-state index in [1.807, 2.05) is 48.5 Å². The summed E-state index contributed by atoms with van der Waals surface area (Å²) in [5.74, 6) is 0.261. The van der Waals surface area contributed by atoms with Gasteiger partial charge in [0.25, 0.3) is 5.91 Å². The highest BCUT2D eigenvalue weighted by Gasteiger charge is 2.15. The van der Waals surface area contributed by atoms with Crippen LogP contribution in [0, 0.1) is 0 Å². The Morgan fingerprint density at radius 1 is 1.04 bits per heavy atom. The zero-order valence-corrected chi connectivity index (χ0v) is 16.0. The number of carbonyl (C=O) groups excluding carboxylic acids is 1. The van der Waals surface area contributed by atoms with Gasteiger partial charge in [-0.25, -0.2) is 9.50 Å². The van der Waals surface area contributed by atoms with E-state index in [1.165, 1.54) is 5.56 Å². The number of benzene rings is 1. The summed E-state index contributed by atoms with van der Waals surface area (Å²) in [6, 6.07) is 15.2. The summed E-state index contributed by atoms with van der Waals surface area (Å²) in [5.41, 5.74) is 4.19. The molecule has 140 valence electrons. The van der Waals surface area contributed by atoms with Crippen molar-refractivity contribution in [2.45, 2.75) is 26.2 Å². The molecule has 3 aromatic heterocycles. The Kier molecular flexibility index (Phi) is 4.39. The van der Waals surface area contributed by atoms with Crippen molar-refractivity contribution >= 4 is 17.4 Å². The topological polar surface area (TPSA) is 72.2 Å². The fourth-order valence-corrected chi connectivity index (χ4v) is 2.92. The van der Waals surface area contributed by atoms with Gasteiger partial charge in [0.2, 0.25) is 0 Å². The molecule has 0 saturated carbocycles. The highest BCUT2D eigenvalue weighted by atomic mass is 16.1. The number of hydrogen-bond acceptors (Lipinski definition) is 4. The molecule has 1 amide bonds. The number of carbonyl (C=O) groups is 1. The van der Waals surface area contributed by atoms with Crippen LogP contribution in [0.3, 0.4) is 0 Å². The van der Waals surface area contributed by atoms with Crippen LogP contribution in [0.1, 0.15) is 36.7 Å². The Labute approximate surface area is 163 Å². The number of pyridine rings is 1. The molecule has 1 N–H and O–H groups in total. The van der Waals surface area contributed by atoms with Gasteiger partial charge < -0.3 is 5.32 Å². The summed E-state index contributed by atoms with van der Waals surface area (Å²) in [5, 5.41) is 7.39. The number of imidazole rings is 1. The van der Waals surface area contributed by atoms with E-state index >= 15 is 0 Å². The average Bonchev–Trinajstić information content (AvgIpc) is 3.09. The first-order valence-corrected chi connectivity index (χ1v) is 9.09. The molecule has 0 spiro atoms. The lowest BCUT2D eigenvalue weighted by atomic mass is 9.87. The van der Waals surface area contributed by atoms with Gasteiger partial charge in [-0.2, -0.15) is 5.10 Å². The minimum atomic E-state index is -0.198. The van der Waals surface area contributed by atoms with Gasteiger partial charge in [0.15, 0.2) is 11.5 Å². The number of nitrogens with one attached hydrogen (secondary N) is 1. The number of fused-ring (bicyclic) bond motifs is 1. The maximum Gasteiger partial charge on any atom is 0.256 e. The van der Waals surface area contributed by atoms with Gasteiger partial charge in [-0.1, -0.05) is 32.9 Å². The molecule has 3 heterocycles. The molecule has 4 rings (SSSR count). The molecule has 4 aromatic rings. The van der Waals surface area contributed by atoms with E-state index < -0.39 is 0 Å².